The van der Waals surface area contributed by atoms with Crippen LogP contribution in [0.1, 0.15) is 78.1 Å². The van der Waals surface area contributed by atoms with Crippen LogP contribution in [-0.4, -0.2) is 5.11 Å². The molecule has 0 saturated carbocycles. The van der Waals surface area contributed by atoms with Gasteiger partial charge in [-0.25, -0.2) is 0 Å². The molecule has 0 atom stereocenters. The first-order chi connectivity index (χ1) is 9.31. The Kier molecular flexibility index (Phi) is 14.3. The van der Waals surface area contributed by atoms with E-state index in [0.717, 1.165) is 6.42 Å². The summed E-state index contributed by atoms with van der Waals surface area (Å²) in [4.78, 5) is 0. The lowest BCUT2D eigenvalue weighted by Gasteiger charge is -2.00. The van der Waals surface area contributed by atoms with Crippen molar-refractivity contribution in [2.75, 3.05) is 0 Å². The Morgan fingerprint density at radius 2 is 1.47 bits per heavy atom. The van der Waals surface area contributed by atoms with E-state index in [1.165, 1.54) is 57.8 Å². The number of hydrogen-bond donors (Lipinski definition) is 1. The first kappa shape index (κ1) is 18.0. The maximum atomic E-state index is 9.45. The van der Waals surface area contributed by atoms with Crippen LogP contribution in [0.2, 0.25) is 0 Å². The summed E-state index contributed by atoms with van der Waals surface area (Å²) in [5, 5.41) is 9.45. The average molecular weight is 264 g/mol. The van der Waals surface area contributed by atoms with Crippen LogP contribution in [0.3, 0.4) is 0 Å². The first-order valence-corrected chi connectivity index (χ1v) is 7.99. The van der Waals surface area contributed by atoms with Crippen molar-refractivity contribution < 1.29 is 5.11 Å². The Labute approximate surface area is 120 Å². The zero-order valence-electron chi connectivity index (χ0n) is 12.9. The van der Waals surface area contributed by atoms with Gasteiger partial charge < -0.3 is 5.11 Å². The third kappa shape index (κ3) is 15.0. The lowest BCUT2D eigenvalue weighted by atomic mass is 10.1. The molecule has 0 aliphatic rings. The standard InChI is InChI=1S/C18H32O/c1-3-5-7-8-9-10-11-12-13-14-15-17-18(19)16-6-4-2/h4,6,15-17,19H,3,5,7-14H2,1-2H3. The zero-order chi connectivity index (χ0) is 14.2. The molecule has 0 heterocycles. The van der Waals surface area contributed by atoms with Gasteiger partial charge in [-0.2, -0.15) is 0 Å². The van der Waals surface area contributed by atoms with Crippen LogP contribution in [0.4, 0.5) is 0 Å². The average Bonchev–Trinajstić information content (AvgIpc) is 2.42. The molecule has 0 aliphatic heterocycles. The molecule has 1 nitrogen and oxygen atoms in total. The molecule has 110 valence electrons. The third-order valence-corrected chi connectivity index (χ3v) is 3.22. The Morgan fingerprint density at radius 1 is 0.895 bits per heavy atom. The lowest BCUT2D eigenvalue weighted by molar-refractivity contribution is 0.432. The van der Waals surface area contributed by atoms with E-state index in [4.69, 9.17) is 0 Å². The molecule has 1 heteroatoms. The molecule has 0 aliphatic carbocycles. The monoisotopic (exact) mass is 264 g/mol. The van der Waals surface area contributed by atoms with E-state index >= 15 is 0 Å². The van der Waals surface area contributed by atoms with Crippen LogP contribution in [0, 0.1) is 0 Å². The molecule has 0 radical (unpaired) electrons. The lowest BCUT2D eigenvalue weighted by Crippen LogP contribution is -1.81. The fourth-order valence-corrected chi connectivity index (χ4v) is 2.03. The molecule has 19 heavy (non-hydrogen) atoms. The fraction of sp³-hybridized carbons (Fsp3) is 0.667. The maximum Gasteiger partial charge on any atom is 0.115 e. The van der Waals surface area contributed by atoms with Gasteiger partial charge in [0, 0.05) is 0 Å². The van der Waals surface area contributed by atoms with E-state index < -0.39 is 0 Å². The highest BCUT2D eigenvalue weighted by atomic mass is 16.3. The number of unbranched alkanes of at least 4 members (excludes halogenated alkanes) is 9. The summed E-state index contributed by atoms with van der Waals surface area (Å²) < 4.78 is 0. The predicted octanol–water partition coefficient (Wildman–Crippen LogP) is 6.48. The maximum absolute atomic E-state index is 9.45. The van der Waals surface area contributed by atoms with Crippen LogP contribution in [0.15, 0.2) is 36.1 Å². The summed E-state index contributed by atoms with van der Waals surface area (Å²) in [5.74, 6) is 0.342. The number of aliphatic hydroxyl groups excluding tert-OH is 1. The highest BCUT2D eigenvalue weighted by Crippen LogP contribution is 2.10. The molecule has 0 aromatic rings. The van der Waals surface area contributed by atoms with Gasteiger partial charge in [-0.15, -0.1) is 0 Å². The highest BCUT2D eigenvalue weighted by molar-refractivity contribution is 5.16. The van der Waals surface area contributed by atoms with Crippen molar-refractivity contribution in [3.05, 3.63) is 36.1 Å². The van der Waals surface area contributed by atoms with Crippen LogP contribution in [0.5, 0.6) is 0 Å². The second kappa shape index (κ2) is 15.1. The smallest absolute Gasteiger partial charge is 0.115 e. The van der Waals surface area contributed by atoms with Gasteiger partial charge in [0.2, 0.25) is 0 Å². The third-order valence-electron chi connectivity index (χ3n) is 3.22. The van der Waals surface area contributed by atoms with Crippen molar-refractivity contribution in [1.82, 2.24) is 0 Å². The molecule has 0 saturated heterocycles. The van der Waals surface area contributed by atoms with E-state index in [1.807, 2.05) is 19.1 Å². The van der Waals surface area contributed by atoms with Gasteiger partial charge in [-0.05, 0) is 31.9 Å². The van der Waals surface area contributed by atoms with E-state index in [0.29, 0.717) is 5.76 Å². The quantitative estimate of drug-likeness (QED) is 0.243. The molecular weight excluding hydrogens is 232 g/mol. The minimum Gasteiger partial charge on any atom is -0.508 e. The molecule has 0 fully saturated rings. The SMILES string of the molecule is CC=CC=C(O)C=CCCCCCCCCCCC. The fourth-order valence-electron chi connectivity index (χ4n) is 2.03. The van der Waals surface area contributed by atoms with Crippen LogP contribution in [0.25, 0.3) is 0 Å². The first-order valence-electron chi connectivity index (χ1n) is 7.99. The van der Waals surface area contributed by atoms with Gasteiger partial charge in [0.1, 0.15) is 5.76 Å². The Bertz CT molecular complexity index is 261. The molecule has 0 bridgehead atoms. The summed E-state index contributed by atoms with van der Waals surface area (Å²) in [6.45, 7) is 4.20. The highest BCUT2D eigenvalue weighted by Gasteiger charge is 1.91. The largest absolute Gasteiger partial charge is 0.508 e. The topological polar surface area (TPSA) is 20.2 Å². The summed E-state index contributed by atoms with van der Waals surface area (Å²) in [6, 6.07) is 0. The minimum atomic E-state index is 0.342. The second-order valence-electron chi connectivity index (χ2n) is 5.14. The Morgan fingerprint density at radius 3 is 2.05 bits per heavy atom. The molecule has 0 unspecified atom stereocenters. The number of hydrogen-bond acceptors (Lipinski definition) is 1. The van der Waals surface area contributed by atoms with E-state index in [-0.39, 0.29) is 0 Å². The summed E-state index contributed by atoms with van der Waals surface area (Å²) in [7, 11) is 0. The number of aliphatic hydroxyl groups is 1. The van der Waals surface area contributed by atoms with Gasteiger partial charge in [0.05, 0.1) is 0 Å². The van der Waals surface area contributed by atoms with Crippen molar-refractivity contribution in [2.24, 2.45) is 0 Å². The number of rotatable bonds is 12. The van der Waals surface area contributed by atoms with Crippen molar-refractivity contribution in [3.8, 4) is 0 Å². The zero-order valence-corrected chi connectivity index (χ0v) is 12.9. The van der Waals surface area contributed by atoms with Gasteiger partial charge in [-0.1, -0.05) is 76.5 Å². The van der Waals surface area contributed by atoms with E-state index in [9.17, 15) is 5.11 Å². The molecule has 0 aromatic carbocycles. The summed E-state index contributed by atoms with van der Waals surface area (Å²) >= 11 is 0. The summed E-state index contributed by atoms with van der Waals surface area (Å²) in [6.07, 6.45) is 22.7. The van der Waals surface area contributed by atoms with E-state index in [2.05, 4.69) is 13.0 Å². The second-order valence-corrected chi connectivity index (χ2v) is 5.14. The Hall–Kier alpha value is -0.980. The van der Waals surface area contributed by atoms with Crippen LogP contribution in [-0.2, 0) is 0 Å². The van der Waals surface area contributed by atoms with Crippen LogP contribution >= 0.6 is 0 Å². The van der Waals surface area contributed by atoms with Gasteiger partial charge in [-0.3, -0.25) is 0 Å². The molecule has 0 amide bonds. The molecule has 0 aromatic heterocycles. The normalized spacial score (nSPS) is 12.8. The summed E-state index contributed by atoms with van der Waals surface area (Å²) in [5.41, 5.74) is 0. The predicted molar refractivity (Wildman–Crippen MR) is 86.5 cm³/mol. The van der Waals surface area contributed by atoms with Crippen molar-refractivity contribution in [2.45, 2.75) is 78.1 Å². The van der Waals surface area contributed by atoms with Crippen molar-refractivity contribution >= 4 is 0 Å². The van der Waals surface area contributed by atoms with Gasteiger partial charge in [0.15, 0.2) is 0 Å². The van der Waals surface area contributed by atoms with E-state index in [1.54, 1.807) is 12.2 Å². The number of allylic oxidation sites excluding steroid dienone is 5. The van der Waals surface area contributed by atoms with Crippen molar-refractivity contribution in [3.63, 3.8) is 0 Å². The van der Waals surface area contributed by atoms with Crippen molar-refractivity contribution in [1.29, 1.82) is 0 Å². The molecule has 1 N–H and O–H groups in total. The van der Waals surface area contributed by atoms with Gasteiger partial charge >= 0.3 is 0 Å². The molecule has 0 spiro atoms. The molecule has 0 rings (SSSR count). The van der Waals surface area contributed by atoms with Crippen LogP contribution < -0.4 is 0 Å². The molecular formula is C18H32O. The minimum absolute atomic E-state index is 0.342. The Balaban J connectivity index is 3.29. The van der Waals surface area contributed by atoms with Gasteiger partial charge in [0.25, 0.3) is 0 Å².